The number of benzene rings is 2. The molecule has 0 radical (unpaired) electrons. The van der Waals surface area contributed by atoms with E-state index in [1.54, 1.807) is 0 Å². The van der Waals surface area contributed by atoms with Crippen LogP contribution in [0.2, 0.25) is 0 Å². The van der Waals surface area contributed by atoms with Crippen LogP contribution in [0.5, 0.6) is 0 Å². The summed E-state index contributed by atoms with van der Waals surface area (Å²) in [7, 11) is 0. The lowest BCUT2D eigenvalue weighted by molar-refractivity contribution is 0.590. The van der Waals surface area contributed by atoms with E-state index in [0.29, 0.717) is 0 Å². The Bertz CT molecular complexity index is 524. The molecule has 2 rings (SSSR count). The fourth-order valence-corrected chi connectivity index (χ4v) is 2.41. The first-order chi connectivity index (χ1) is 9.50. The van der Waals surface area contributed by atoms with E-state index in [1.165, 1.54) is 41.5 Å². The molecule has 0 N–H and O–H groups in total. The van der Waals surface area contributed by atoms with Crippen molar-refractivity contribution in [3.05, 3.63) is 59.7 Å². The van der Waals surface area contributed by atoms with Gasteiger partial charge in [0, 0.05) is 0 Å². The largest absolute Gasteiger partial charge is 0.0654 e. The van der Waals surface area contributed by atoms with Gasteiger partial charge >= 0.3 is 0 Å². The van der Waals surface area contributed by atoms with Crippen molar-refractivity contribution in [2.75, 3.05) is 0 Å². The molecule has 2 aromatic rings. The quantitative estimate of drug-likeness (QED) is 0.637. The van der Waals surface area contributed by atoms with Gasteiger partial charge in [-0.3, -0.25) is 0 Å². The maximum absolute atomic E-state index is 2.27. The van der Waals surface area contributed by atoms with Gasteiger partial charge in [0.15, 0.2) is 0 Å². The zero-order chi connectivity index (χ0) is 14.6. The molecule has 0 atom stereocenters. The lowest BCUT2D eigenvalue weighted by Crippen LogP contribution is -2.10. The standard InChI is InChI=1S/C20H26/c1-5-6-7-16-8-10-17(11-9-16)18-12-14-19(15-13-18)20(2,3)4/h8-15H,5-7H2,1-4H3. The zero-order valence-electron chi connectivity index (χ0n) is 13.2. The van der Waals surface area contributed by atoms with Gasteiger partial charge in [0.1, 0.15) is 0 Å². The van der Waals surface area contributed by atoms with Crippen LogP contribution >= 0.6 is 0 Å². The average molecular weight is 266 g/mol. The summed E-state index contributed by atoms with van der Waals surface area (Å²) in [6, 6.07) is 18.0. The maximum atomic E-state index is 2.27. The molecule has 0 heteroatoms. The monoisotopic (exact) mass is 266 g/mol. The van der Waals surface area contributed by atoms with E-state index in [9.17, 15) is 0 Å². The summed E-state index contributed by atoms with van der Waals surface area (Å²) in [5.41, 5.74) is 5.68. The highest BCUT2D eigenvalue weighted by Gasteiger charge is 2.12. The normalized spacial score (nSPS) is 11.6. The van der Waals surface area contributed by atoms with Crippen LogP contribution in [0.3, 0.4) is 0 Å². The van der Waals surface area contributed by atoms with Gasteiger partial charge in [-0.1, -0.05) is 82.6 Å². The molecule has 0 spiro atoms. The Labute approximate surface area is 123 Å². The molecule has 0 heterocycles. The van der Waals surface area contributed by atoms with Crippen LogP contribution < -0.4 is 0 Å². The molecule has 0 aliphatic rings. The van der Waals surface area contributed by atoms with Crippen molar-refractivity contribution in [3.63, 3.8) is 0 Å². The van der Waals surface area contributed by atoms with E-state index in [2.05, 4.69) is 76.2 Å². The molecule has 0 aliphatic carbocycles. The number of rotatable bonds is 4. The molecule has 0 nitrogen and oxygen atoms in total. The first kappa shape index (κ1) is 14.8. The van der Waals surface area contributed by atoms with Crippen LogP contribution in [-0.4, -0.2) is 0 Å². The van der Waals surface area contributed by atoms with Gasteiger partial charge in [-0.15, -0.1) is 0 Å². The molecule has 0 saturated heterocycles. The van der Waals surface area contributed by atoms with Gasteiger partial charge < -0.3 is 0 Å². The summed E-state index contributed by atoms with van der Waals surface area (Å²) in [6.07, 6.45) is 3.73. The fourth-order valence-electron chi connectivity index (χ4n) is 2.41. The van der Waals surface area contributed by atoms with Crippen molar-refractivity contribution >= 4 is 0 Å². The van der Waals surface area contributed by atoms with Gasteiger partial charge in [0.05, 0.1) is 0 Å². The Morgan fingerprint density at radius 1 is 0.750 bits per heavy atom. The molecular weight excluding hydrogens is 240 g/mol. The molecule has 0 saturated carbocycles. The molecule has 0 fully saturated rings. The number of unbranched alkanes of at least 4 members (excludes halogenated alkanes) is 1. The Kier molecular flexibility index (Phi) is 4.65. The Hall–Kier alpha value is -1.56. The van der Waals surface area contributed by atoms with E-state index in [-0.39, 0.29) is 5.41 Å². The van der Waals surface area contributed by atoms with Gasteiger partial charge in [-0.2, -0.15) is 0 Å². The van der Waals surface area contributed by atoms with Crippen LogP contribution in [0.1, 0.15) is 51.7 Å². The summed E-state index contributed by atoms with van der Waals surface area (Å²) >= 11 is 0. The van der Waals surface area contributed by atoms with Crippen molar-refractivity contribution < 1.29 is 0 Å². The minimum atomic E-state index is 0.225. The van der Waals surface area contributed by atoms with E-state index >= 15 is 0 Å². The highest BCUT2D eigenvalue weighted by molar-refractivity contribution is 5.64. The highest BCUT2D eigenvalue weighted by atomic mass is 14.2. The van der Waals surface area contributed by atoms with E-state index in [0.717, 1.165) is 0 Å². The first-order valence-corrected chi connectivity index (χ1v) is 7.70. The van der Waals surface area contributed by atoms with E-state index in [4.69, 9.17) is 0 Å². The molecule has 0 unspecified atom stereocenters. The number of hydrogen-bond donors (Lipinski definition) is 0. The second kappa shape index (κ2) is 6.26. The van der Waals surface area contributed by atoms with Gasteiger partial charge in [0.2, 0.25) is 0 Å². The molecule has 0 amide bonds. The summed E-state index contributed by atoms with van der Waals surface area (Å²) in [6.45, 7) is 9.00. The average Bonchev–Trinajstić information content (AvgIpc) is 2.45. The summed E-state index contributed by atoms with van der Waals surface area (Å²) in [4.78, 5) is 0. The van der Waals surface area contributed by atoms with Crippen LogP contribution in [0.15, 0.2) is 48.5 Å². The number of hydrogen-bond acceptors (Lipinski definition) is 0. The smallest absolute Gasteiger partial charge is 0.0132 e. The fraction of sp³-hybridized carbons (Fsp3) is 0.400. The Balaban J connectivity index is 2.15. The topological polar surface area (TPSA) is 0 Å². The van der Waals surface area contributed by atoms with Crippen molar-refractivity contribution in [2.45, 2.75) is 52.4 Å². The lowest BCUT2D eigenvalue weighted by atomic mass is 9.86. The third-order valence-electron chi connectivity index (χ3n) is 3.86. The minimum Gasteiger partial charge on any atom is -0.0654 e. The SMILES string of the molecule is CCCCc1ccc(-c2ccc(C(C)(C)C)cc2)cc1. The zero-order valence-corrected chi connectivity index (χ0v) is 13.2. The van der Waals surface area contributed by atoms with Crippen LogP contribution in [0.25, 0.3) is 11.1 Å². The molecule has 2 aromatic carbocycles. The summed E-state index contributed by atoms with van der Waals surface area (Å²) in [5, 5.41) is 0. The summed E-state index contributed by atoms with van der Waals surface area (Å²) < 4.78 is 0. The molecular formula is C20H26. The summed E-state index contributed by atoms with van der Waals surface area (Å²) in [5.74, 6) is 0. The van der Waals surface area contributed by atoms with Crippen LogP contribution in [-0.2, 0) is 11.8 Å². The van der Waals surface area contributed by atoms with Crippen LogP contribution in [0, 0.1) is 0 Å². The Morgan fingerprint density at radius 2 is 1.25 bits per heavy atom. The maximum Gasteiger partial charge on any atom is -0.0132 e. The molecule has 106 valence electrons. The van der Waals surface area contributed by atoms with Gasteiger partial charge in [0.25, 0.3) is 0 Å². The molecule has 0 bridgehead atoms. The second-order valence-electron chi connectivity index (χ2n) is 6.63. The van der Waals surface area contributed by atoms with Crippen molar-refractivity contribution in [1.82, 2.24) is 0 Å². The third kappa shape index (κ3) is 3.72. The first-order valence-electron chi connectivity index (χ1n) is 7.70. The highest BCUT2D eigenvalue weighted by Crippen LogP contribution is 2.26. The lowest BCUT2D eigenvalue weighted by Gasteiger charge is -2.19. The van der Waals surface area contributed by atoms with Crippen molar-refractivity contribution in [1.29, 1.82) is 0 Å². The van der Waals surface area contributed by atoms with Crippen molar-refractivity contribution in [3.8, 4) is 11.1 Å². The van der Waals surface area contributed by atoms with Gasteiger partial charge in [-0.05, 0) is 40.5 Å². The second-order valence-corrected chi connectivity index (χ2v) is 6.63. The van der Waals surface area contributed by atoms with Crippen LogP contribution in [0.4, 0.5) is 0 Å². The molecule has 20 heavy (non-hydrogen) atoms. The molecule has 0 aromatic heterocycles. The van der Waals surface area contributed by atoms with Gasteiger partial charge in [-0.25, -0.2) is 0 Å². The molecule has 0 aliphatic heterocycles. The predicted molar refractivity (Wildman–Crippen MR) is 89.2 cm³/mol. The number of aryl methyl sites for hydroxylation is 1. The minimum absolute atomic E-state index is 0.225. The predicted octanol–water partition coefficient (Wildman–Crippen LogP) is 5.99. The third-order valence-corrected chi connectivity index (χ3v) is 3.86. The Morgan fingerprint density at radius 3 is 1.70 bits per heavy atom. The van der Waals surface area contributed by atoms with E-state index in [1.807, 2.05) is 0 Å². The van der Waals surface area contributed by atoms with Crippen molar-refractivity contribution in [2.24, 2.45) is 0 Å². The van der Waals surface area contributed by atoms with E-state index < -0.39 is 0 Å².